The summed E-state index contributed by atoms with van der Waals surface area (Å²) in [6, 6.07) is 13.4. The third kappa shape index (κ3) is 4.97. The van der Waals surface area contributed by atoms with Gasteiger partial charge in [0.05, 0.1) is 12.8 Å². The number of furan rings is 1. The molecule has 2 aromatic rings. The Morgan fingerprint density at radius 1 is 1.27 bits per heavy atom. The Morgan fingerprint density at radius 2 is 2.05 bits per heavy atom. The molecular weight excluding hydrogens is 280 g/mol. The number of aliphatic imine (C=N–C) groups is 1. The molecule has 6 heteroatoms. The second kappa shape index (κ2) is 7.87. The molecule has 0 unspecified atom stereocenters. The topological polar surface area (TPSA) is 83.9 Å². The van der Waals surface area contributed by atoms with E-state index in [0.29, 0.717) is 13.1 Å². The van der Waals surface area contributed by atoms with Crippen LogP contribution >= 0.6 is 0 Å². The van der Waals surface area contributed by atoms with E-state index in [-0.39, 0.29) is 18.4 Å². The zero-order chi connectivity index (χ0) is 15.8. The lowest BCUT2D eigenvalue weighted by Gasteiger charge is -2.16. The second-order valence-electron chi connectivity index (χ2n) is 4.87. The fraction of sp³-hybridized carbons (Fsp3) is 0.250. The van der Waals surface area contributed by atoms with Crippen molar-refractivity contribution in [2.24, 2.45) is 10.7 Å². The van der Waals surface area contributed by atoms with Crippen molar-refractivity contribution < 1.29 is 9.21 Å². The molecule has 2 rings (SSSR count). The number of guanidine groups is 1. The lowest BCUT2D eigenvalue weighted by Crippen LogP contribution is -2.34. The van der Waals surface area contributed by atoms with Gasteiger partial charge in [-0.15, -0.1) is 0 Å². The summed E-state index contributed by atoms with van der Waals surface area (Å²) in [5.74, 6) is 0.884. The summed E-state index contributed by atoms with van der Waals surface area (Å²) in [7, 11) is 1.75. The fourth-order valence-electron chi connectivity index (χ4n) is 1.87. The summed E-state index contributed by atoms with van der Waals surface area (Å²) in [5.41, 5.74) is 6.79. The average molecular weight is 300 g/mol. The third-order valence-corrected chi connectivity index (χ3v) is 3.10. The number of likely N-dealkylation sites (N-methyl/N-ethyl adjacent to an activating group) is 1. The molecule has 0 spiro atoms. The summed E-state index contributed by atoms with van der Waals surface area (Å²) in [5, 5.41) is 2.89. The molecule has 1 aromatic heterocycles. The molecule has 0 atom stereocenters. The van der Waals surface area contributed by atoms with E-state index in [4.69, 9.17) is 10.2 Å². The van der Waals surface area contributed by atoms with Crippen molar-refractivity contribution in [1.82, 2.24) is 10.2 Å². The summed E-state index contributed by atoms with van der Waals surface area (Å²) in [6.45, 7) is 1.01. The number of rotatable bonds is 6. The monoisotopic (exact) mass is 300 g/mol. The Balaban J connectivity index is 1.76. The van der Waals surface area contributed by atoms with E-state index in [1.54, 1.807) is 24.3 Å². The van der Waals surface area contributed by atoms with E-state index in [2.05, 4.69) is 10.3 Å². The highest BCUT2D eigenvalue weighted by molar-refractivity contribution is 5.83. The van der Waals surface area contributed by atoms with Crippen molar-refractivity contribution in [3.63, 3.8) is 0 Å². The van der Waals surface area contributed by atoms with Gasteiger partial charge in [-0.2, -0.15) is 0 Å². The van der Waals surface area contributed by atoms with Crippen LogP contribution in [0.25, 0.3) is 0 Å². The summed E-state index contributed by atoms with van der Waals surface area (Å²) in [6.07, 6.45) is 1.59. The van der Waals surface area contributed by atoms with Crippen LogP contribution in [0.2, 0.25) is 0 Å². The molecule has 22 heavy (non-hydrogen) atoms. The standard InChI is InChI=1S/C16H20N4O2/c1-20(12-13-6-3-2-4-7-13)15(21)11-19-16(17)18-10-14-8-5-9-22-14/h2-9H,10-12H2,1H3,(H3,17,18,19). The minimum absolute atomic E-state index is 0.0142. The Bertz CT molecular complexity index is 608. The molecule has 3 N–H and O–H groups in total. The first-order valence-electron chi connectivity index (χ1n) is 6.99. The minimum atomic E-state index is -0.0911. The van der Waals surface area contributed by atoms with Crippen LogP contribution in [-0.4, -0.2) is 30.4 Å². The van der Waals surface area contributed by atoms with Gasteiger partial charge in [0, 0.05) is 13.6 Å². The van der Waals surface area contributed by atoms with Crippen molar-refractivity contribution in [2.75, 3.05) is 13.6 Å². The predicted molar refractivity (Wildman–Crippen MR) is 85.0 cm³/mol. The van der Waals surface area contributed by atoms with Gasteiger partial charge in [0.2, 0.25) is 5.91 Å². The molecule has 1 heterocycles. The number of carbonyl (C=O) groups excluding carboxylic acids is 1. The normalized spacial score (nSPS) is 11.2. The van der Waals surface area contributed by atoms with Gasteiger partial charge in [0.1, 0.15) is 12.3 Å². The highest BCUT2D eigenvalue weighted by Gasteiger charge is 2.08. The van der Waals surface area contributed by atoms with Crippen LogP contribution in [0.1, 0.15) is 11.3 Å². The number of nitrogens with two attached hydrogens (primary N) is 1. The zero-order valence-corrected chi connectivity index (χ0v) is 12.5. The van der Waals surface area contributed by atoms with Crippen LogP contribution < -0.4 is 11.1 Å². The minimum Gasteiger partial charge on any atom is -0.467 e. The zero-order valence-electron chi connectivity index (χ0n) is 12.5. The van der Waals surface area contributed by atoms with Gasteiger partial charge in [0.25, 0.3) is 0 Å². The number of amides is 1. The number of hydrogen-bond donors (Lipinski definition) is 2. The van der Waals surface area contributed by atoms with Crippen LogP contribution in [0, 0.1) is 0 Å². The van der Waals surface area contributed by atoms with Crippen LogP contribution in [0.3, 0.4) is 0 Å². The molecule has 6 nitrogen and oxygen atoms in total. The molecule has 1 aromatic carbocycles. The Hall–Kier alpha value is -2.76. The third-order valence-electron chi connectivity index (χ3n) is 3.10. The second-order valence-corrected chi connectivity index (χ2v) is 4.87. The van der Waals surface area contributed by atoms with E-state index >= 15 is 0 Å². The first-order valence-corrected chi connectivity index (χ1v) is 6.99. The van der Waals surface area contributed by atoms with Crippen LogP contribution in [0.4, 0.5) is 0 Å². The smallest absolute Gasteiger partial charge is 0.244 e. The van der Waals surface area contributed by atoms with E-state index in [0.717, 1.165) is 11.3 Å². The lowest BCUT2D eigenvalue weighted by molar-refractivity contribution is -0.128. The van der Waals surface area contributed by atoms with Crippen LogP contribution in [0.15, 0.2) is 58.1 Å². The molecule has 0 aliphatic carbocycles. The largest absolute Gasteiger partial charge is 0.467 e. The van der Waals surface area contributed by atoms with Gasteiger partial charge in [-0.3, -0.25) is 4.79 Å². The highest BCUT2D eigenvalue weighted by Crippen LogP contribution is 2.03. The predicted octanol–water partition coefficient (Wildman–Crippen LogP) is 1.34. The number of carbonyl (C=O) groups is 1. The van der Waals surface area contributed by atoms with E-state index in [9.17, 15) is 4.79 Å². The molecule has 0 radical (unpaired) electrons. The van der Waals surface area contributed by atoms with Gasteiger partial charge in [0.15, 0.2) is 5.96 Å². The summed E-state index contributed by atoms with van der Waals surface area (Å²) >= 11 is 0. The maximum absolute atomic E-state index is 12.0. The average Bonchev–Trinajstić information content (AvgIpc) is 3.05. The molecule has 0 bridgehead atoms. The number of nitrogens with zero attached hydrogens (tertiary/aromatic N) is 2. The van der Waals surface area contributed by atoms with Gasteiger partial charge in [-0.05, 0) is 17.7 Å². The maximum atomic E-state index is 12.0. The quantitative estimate of drug-likeness (QED) is 0.623. The van der Waals surface area contributed by atoms with Crippen molar-refractivity contribution >= 4 is 11.9 Å². The molecule has 0 fully saturated rings. The van der Waals surface area contributed by atoms with Crippen molar-refractivity contribution in [2.45, 2.75) is 13.1 Å². The van der Waals surface area contributed by atoms with Crippen LogP contribution in [-0.2, 0) is 17.9 Å². The van der Waals surface area contributed by atoms with Crippen LogP contribution in [0.5, 0.6) is 0 Å². The van der Waals surface area contributed by atoms with Crippen molar-refractivity contribution in [3.05, 3.63) is 60.1 Å². The molecular formula is C16H20N4O2. The fourth-order valence-corrected chi connectivity index (χ4v) is 1.87. The van der Waals surface area contributed by atoms with Crippen molar-refractivity contribution in [3.8, 4) is 0 Å². The summed E-state index contributed by atoms with van der Waals surface area (Å²) in [4.78, 5) is 17.7. The van der Waals surface area contributed by atoms with Gasteiger partial charge in [-0.1, -0.05) is 30.3 Å². The number of benzene rings is 1. The van der Waals surface area contributed by atoms with Gasteiger partial charge in [-0.25, -0.2) is 4.99 Å². The molecule has 0 saturated carbocycles. The first-order chi connectivity index (χ1) is 10.6. The molecule has 0 saturated heterocycles. The highest BCUT2D eigenvalue weighted by atomic mass is 16.3. The number of hydrogen-bond acceptors (Lipinski definition) is 3. The van der Waals surface area contributed by atoms with E-state index in [1.165, 1.54) is 0 Å². The van der Waals surface area contributed by atoms with Gasteiger partial charge < -0.3 is 20.4 Å². The van der Waals surface area contributed by atoms with Crippen molar-refractivity contribution in [1.29, 1.82) is 0 Å². The van der Waals surface area contributed by atoms with Gasteiger partial charge >= 0.3 is 0 Å². The SMILES string of the molecule is CN(Cc1ccccc1)C(=O)CN=C(N)NCc1ccco1. The maximum Gasteiger partial charge on any atom is 0.244 e. The Labute approximate surface area is 129 Å². The molecule has 0 aliphatic heterocycles. The lowest BCUT2D eigenvalue weighted by atomic mass is 10.2. The molecule has 116 valence electrons. The summed E-state index contributed by atoms with van der Waals surface area (Å²) < 4.78 is 5.17. The van der Waals surface area contributed by atoms with E-state index < -0.39 is 0 Å². The van der Waals surface area contributed by atoms with E-state index in [1.807, 2.05) is 36.4 Å². The Morgan fingerprint density at radius 3 is 2.73 bits per heavy atom. The molecule has 0 aliphatic rings. The number of nitrogens with one attached hydrogen (secondary N) is 1. The first kappa shape index (κ1) is 15.6. The molecule has 1 amide bonds. The Kier molecular flexibility index (Phi) is 5.59.